The predicted octanol–water partition coefficient (Wildman–Crippen LogP) is 3.49. The Kier molecular flexibility index (Phi) is 9.07. The lowest BCUT2D eigenvalue weighted by atomic mass is 10.1. The molecule has 2 aromatic heterocycles. The van der Waals surface area contributed by atoms with Crippen LogP contribution in [0.4, 0.5) is 5.69 Å². The zero-order chi connectivity index (χ0) is 26.9. The molecule has 1 aliphatic heterocycles. The molecule has 4 rings (SSSR count). The van der Waals surface area contributed by atoms with Crippen LogP contribution in [0.3, 0.4) is 0 Å². The predicted molar refractivity (Wildman–Crippen MR) is 142 cm³/mol. The molecule has 38 heavy (non-hydrogen) atoms. The van der Waals surface area contributed by atoms with Crippen molar-refractivity contribution in [1.82, 2.24) is 19.7 Å². The largest absolute Gasteiger partial charge is 0.469 e. The van der Waals surface area contributed by atoms with E-state index < -0.39 is 5.97 Å². The lowest BCUT2D eigenvalue weighted by molar-refractivity contribution is -0.141. The standard InChI is InChI=1S/C28H33N5O5/c1-3-38-28(36)23-20-24(33(30-23)25-8-6-7-15-29-25)21-11-13-22(14-12-21)31-16-18-32(19-17-31)26(34)9-4-5-10-27(35)37-2/h6-8,11-15,20H,3-5,9-10,16-19H2,1-2H3. The molecule has 10 nitrogen and oxygen atoms in total. The van der Waals surface area contributed by atoms with Crippen molar-refractivity contribution in [3.8, 4) is 17.1 Å². The van der Waals surface area contributed by atoms with Crippen molar-refractivity contribution in [2.45, 2.75) is 32.6 Å². The van der Waals surface area contributed by atoms with E-state index in [0.29, 0.717) is 44.6 Å². The first kappa shape index (κ1) is 26.8. The minimum atomic E-state index is -0.476. The molecule has 1 fully saturated rings. The average Bonchev–Trinajstić information content (AvgIpc) is 3.42. The molecule has 1 saturated heterocycles. The van der Waals surface area contributed by atoms with Crippen molar-refractivity contribution in [2.75, 3.05) is 44.8 Å². The summed E-state index contributed by atoms with van der Waals surface area (Å²) in [5, 5.41) is 4.46. The van der Waals surface area contributed by atoms with E-state index in [1.54, 1.807) is 23.9 Å². The third-order valence-electron chi connectivity index (χ3n) is 6.47. The molecule has 0 aliphatic carbocycles. The minimum Gasteiger partial charge on any atom is -0.469 e. The van der Waals surface area contributed by atoms with Gasteiger partial charge in [-0.3, -0.25) is 9.59 Å². The SMILES string of the molecule is CCOC(=O)c1cc(-c2ccc(N3CCN(C(=O)CCCCC(=O)OC)CC3)cc2)n(-c2ccccn2)n1. The van der Waals surface area contributed by atoms with Gasteiger partial charge in [0.05, 0.1) is 19.4 Å². The Morgan fingerprint density at radius 2 is 1.68 bits per heavy atom. The number of benzene rings is 1. The number of nitrogens with zero attached hydrogens (tertiary/aromatic N) is 5. The molecule has 0 spiro atoms. The number of aromatic nitrogens is 3. The van der Waals surface area contributed by atoms with Crippen LogP contribution >= 0.6 is 0 Å². The quantitative estimate of drug-likeness (QED) is 0.296. The normalized spacial score (nSPS) is 13.3. The number of amides is 1. The number of rotatable bonds is 10. The maximum absolute atomic E-state index is 12.5. The highest BCUT2D eigenvalue weighted by atomic mass is 16.5. The van der Waals surface area contributed by atoms with Crippen molar-refractivity contribution in [3.05, 3.63) is 60.4 Å². The van der Waals surface area contributed by atoms with E-state index in [1.807, 2.05) is 47.4 Å². The van der Waals surface area contributed by atoms with Crippen LogP contribution in [0.5, 0.6) is 0 Å². The third kappa shape index (κ3) is 6.56. The molecule has 0 N–H and O–H groups in total. The molecule has 0 unspecified atom stereocenters. The van der Waals surface area contributed by atoms with Crippen LogP contribution in [-0.4, -0.2) is 77.4 Å². The Bertz CT molecular complexity index is 1230. The number of hydrogen-bond acceptors (Lipinski definition) is 8. The van der Waals surface area contributed by atoms with Crippen LogP contribution in [0.2, 0.25) is 0 Å². The monoisotopic (exact) mass is 519 g/mol. The van der Waals surface area contributed by atoms with E-state index in [1.165, 1.54) is 7.11 Å². The number of anilines is 1. The second-order valence-corrected chi connectivity index (χ2v) is 8.93. The van der Waals surface area contributed by atoms with Gasteiger partial charge in [-0.25, -0.2) is 14.5 Å². The van der Waals surface area contributed by atoms with E-state index in [4.69, 9.17) is 4.74 Å². The lowest BCUT2D eigenvalue weighted by Crippen LogP contribution is -2.48. The van der Waals surface area contributed by atoms with Gasteiger partial charge < -0.3 is 19.3 Å². The van der Waals surface area contributed by atoms with E-state index in [-0.39, 0.29) is 24.2 Å². The first-order chi connectivity index (χ1) is 18.5. The highest BCUT2D eigenvalue weighted by molar-refractivity contribution is 5.89. The number of piperazine rings is 1. The Morgan fingerprint density at radius 1 is 0.947 bits per heavy atom. The summed E-state index contributed by atoms with van der Waals surface area (Å²) in [4.78, 5) is 44.6. The summed E-state index contributed by atoms with van der Waals surface area (Å²) in [6, 6.07) is 15.3. The van der Waals surface area contributed by atoms with Crippen LogP contribution in [0, 0.1) is 0 Å². The van der Waals surface area contributed by atoms with Crippen molar-refractivity contribution >= 4 is 23.5 Å². The van der Waals surface area contributed by atoms with Crippen LogP contribution in [-0.2, 0) is 19.1 Å². The first-order valence-electron chi connectivity index (χ1n) is 12.9. The number of carbonyl (C=O) groups is 3. The van der Waals surface area contributed by atoms with Crippen molar-refractivity contribution in [1.29, 1.82) is 0 Å². The van der Waals surface area contributed by atoms with Crippen LogP contribution < -0.4 is 4.90 Å². The molecule has 10 heteroatoms. The first-order valence-corrected chi connectivity index (χ1v) is 12.9. The van der Waals surface area contributed by atoms with Gasteiger partial charge >= 0.3 is 11.9 Å². The molecule has 0 atom stereocenters. The van der Waals surface area contributed by atoms with Gasteiger partial charge in [0, 0.05) is 56.5 Å². The highest BCUT2D eigenvalue weighted by Gasteiger charge is 2.22. The maximum atomic E-state index is 12.5. The molecular weight excluding hydrogens is 486 g/mol. The molecule has 1 amide bonds. The van der Waals surface area contributed by atoms with Gasteiger partial charge in [-0.2, -0.15) is 5.10 Å². The van der Waals surface area contributed by atoms with E-state index >= 15 is 0 Å². The fourth-order valence-corrected chi connectivity index (χ4v) is 4.41. The number of methoxy groups -OCH3 is 1. The fraction of sp³-hybridized carbons (Fsp3) is 0.393. The highest BCUT2D eigenvalue weighted by Crippen LogP contribution is 2.27. The number of pyridine rings is 1. The number of carbonyl (C=O) groups excluding carboxylic acids is 3. The average molecular weight is 520 g/mol. The summed E-state index contributed by atoms with van der Waals surface area (Å²) in [6.45, 7) is 4.84. The number of hydrogen-bond donors (Lipinski definition) is 0. The van der Waals surface area contributed by atoms with Gasteiger partial charge in [-0.15, -0.1) is 0 Å². The molecule has 0 bridgehead atoms. The molecule has 1 aliphatic rings. The minimum absolute atomic E-state index is 0.130. The van der Waals surface area contributed by atoms with Crippen molar-refractivity contribution in [3.63, 3.8) is 0 Å². The molecule has 0 saturated carbocycles. The molecule has 200 valence electrons. The van der Waals surface area contributed by atoms with Gasteiger partial charge in [-0.1, -0.05) is 18.2 Å². The second-order valence-electron chi connectivity index (χ2n) is 8.93. The van der Waals surface area contributed by atoms with Gasteiger partial charge in [0.2, 0.25) is 5.91 Å². The van der Waals surface area contributed by atoms with Gasteiger partial charge in [0.15, 0.2) is 11.5 Å². The van der Waals surface area contributed by atoms with Crippen LogP contribution in [0.15, 0.2) is 54.7 Å². The molecule has 3 aromatic rings. The van der Waals surface area contributed by atoms with Crippen LogP contribution in [0.25, 0.3) is 17.1 Å². The van der Waals surface area contributed by atoms with Gasteiger partial charge in [0.1, 0.15) is 0 Å². The Hall–Kier alpha value is -4.21. The summed E-state index contributed by atoms with van der Waals surface area (Å²) >= 11 is 0. The summed E-state index contributed by atoms with van der Waals surface area (Å²) in [6.07, 6.45) is 3.82. The molecule has 3 heterocycles. The van der Waals surface area contributed by atoms with Crippen LogP contribution in [0.1, 0.15) is 43.1 Å². The zero-order valence-corrected chi connectivity index (χ0v) is 21.8. The van der Waals surface area contributed by atoms with Crippen molar-refractivity contribution < 1.29 is 23.9 Å². The Morgan fingerprint density at radius 3 is 2.34 bits per heavy atom. The van der Waals surface area contributed by atoms with E-state index in [0.717, 1.165) is 30.0 Å². The molecule has 1 aromatic carbocycles. The van der Waals surface area contributed by atoms with E-state index in [2.05, 4.69) is 19.7 Å². The van der Waals surface area contributed by atoms with Crippen molar-refractivity contribution in [2.24, 2.45) is 0 Å². The van der Waals surface area contributed by atoms with E-state index in [9.17, 15) is 14.4 Å². The summed E-state index contributed by atoms with van der Waals surface area (Å²) < 4.78 is 11.4. The zero-order valence-electron chi connectivity index (χ0n) is 21.8. The topological polar surface area (TPSA) is 107 Å². The van der Waals surface area contributed by atoms with Gasteiger partial charge in [0.25, 0.3) is 0 Å². The Labute approximate surface area is 222 Å². The summed E-state index contributed by atoms with van der Waals surface area (Å²) in [5.74, 6) is 0.0203. The summed E-state index contributed by atoms with van der Waals surface area (Å²) in [7, 11) is 1.37. The third-order valence-corrected chi connectivity index (χ3v) is 6.47. The number of ether oxygens (including phenoxy) is 2. The van der Waals surface area contributed by atoms with Gasteiger partial charge in [-0.05, 0) is 50.1 Å². The smallest absolute Gasteiger partial charge is 0.358 e. The number of esters is 2. The molecular formula is C28H33N5O5. The summed E-state index contributed by atoms with van der Waals surface area (Å²) in [5.41, 5.74) is 2.92. The Balaban J connectivity index is 1.39. The maximum Gasteiger partial charge on any atom is 0.358 e. The second kappa shape index (κ2) is 12.8. The number of unbranched alkanes of at least 4 members (excludes halogenated alkanes) is 1. The fourth-order valence-electron chi connectivity index (χ4n) is 4.41. The molecule has 0 radical (unpaired) electrons. The lowest BCUT2D eigenvalue weighted by Gasteiger charge is -2.36.